The van der Waals surface area contributed by atoms with Gasteiger partial charge in [0.05, 0.1) is 17.2 Å². The van der Waals surface area contributed by atoms with Gasteiger partial charge in [0.1, 0.15) is 11.9 Å². The summed E-state index contributed by atoms with van der Waals surface area (Å²) in [6.07, 6.45) is 5.09. The zero-order valence-corrected chi connectivity index (χ0v) is 16.6. The number of aromatic nitrogens is 2. The molecule has 2 saturated heterocycles. The topological polar surface area (TPSA) is 93.4 Å². The Morgan fingerprint density at radius 2 is 2.10 bits per heavy atom. The van der Waals surface area contributed by atoms with Crippen molar-refractivity contribution in [3.63, 3.8) is 0 Å². The molecule has 2 aliphatic heterocycles. The third-order valence-corrected chi connectivity index (χ3v) is 6.08. The average Bonchev–Trinajstić information content (AvgIpc) is 2.74. The van der Waals surface area contributed by atoms with E-state index in [9.17, 15) is 15.2 Å². The highest BCUT2D eigenvalue weighted by Gasteiger charge is 2.43. The van der Waals surface area contributed by atoms with Crippen LogP contribution in [-0.4, -0.2) is 58.2 Å². The van der Waals surface area contributed by atoms with E-state index >= 15 is 0 Å². The third kappa shape index (κ3) is 3.94. The molecule has 1 unspecified atom stereocenters. The number of β-amino-alcohol motifs (C(OH)–C–C–N with tert-alkyl or cyclic N) is 1. The lowest BCUT2D eigenvalue weighted by atomic mass is 9.71. The molecule has 2 aromatic rings. The Morgan fingerprint density at radius 1 is 1.31 bits per heavy atom. The SMILES string of the molecule is Cc1ccc(C#N)c(N2CCC3(CC2)CC(O)CN(C(=O)c2cccnc2)C3)n1. The summed E-state index contributed by atoms with van der Waals surface area (Å²) in [4.78, 5) is 25.4. The highest BCUT2D eigenvalue weighted by molar-refractivity contribution is 5.94. The average molecular weight is 391 g/mol. The Balaban J connectivity index is 1.49. The molecule has 29 heavy (non-hydrogen) atoms. The summed E-state index contributed by atoms with van der Waals surface area (Å²) in [6, 6.07) is 9.43. The Hall–Kier alpha value is -2.98. The molecular weight excluding hydrogens is 366 g/mol. The Bertz CT molecular complexity index is 932. The summed E-state index contributed by atoms with van der Waals surface area (Å²) in [5.41, 5.74) is 1.92. The Kier molecular flexibility index (Phi) is 5.20. The van der Waals surface area contributed by atoms with Crippen LogP contribution in [0.1, 0.15) is 40.9 Å². The van der Waals surface area contributed by atoms with Gasteiger partial charge in [-0.05, 0) is 55.9 Å². The van der Waals surface area contributed by atoms with Crippen LogP contribution in [0.25, 0.3) is 0 Å². The molecule has 2 aliphatic rings. The molecule has 0 bridgehead atoms. The molecule has 1 spiro atoms. The van der Waals surface area contributed by atoms with Crippen LogP contribution in [0.15, 0.2) is 36.7 Å². The molecular formula is C22H25N5O2. The number of aliphatic hydroxyl groups excluding tert-OH is 1. The molecule has 150 valence electrons. The first-order valence-electron chi connectivity index (χ1n) is 10.00. The van der Waals surface area contributed by atoms with Crippen molar-refractivity contribution in [3.8, 4) is 6.07 Å². The first-order chi connectivity index (χ1) is 14.0. The molecule has 1 amide bonds. The summed E-state index contributed by atoms with van der Waals surface area (Å²) in [5.74, 6) is 0.660. The first kappa shape index (κ1) is 19.3. The van der Waals surface area contributed by atoms with Gasteiger partial charge in [0.25, 0.3) is 5.91 Å². The highest BCUT2D eigenvalue weighted by Crippen LogP contribution is 2.41. The summed E-state index contributed by atoms with van der Waals surface area (Å²) in [6.45, 7) is 4.43. The number of nitriles is 1. The van der Waals surface area contributed by atoms with E-state index in [2.05, 4.69) is 20.9 Å². The molecule has 7 heteroatoms. The van der Waals surface area contributed by atoms with Gasteiger partial charge in [-0.25, -0.2) is 4.98 Å². The van der Waals surface area contributed by atoms with Crippen molar-refractivity contribution in [3.05, 3.63) is 53.5 Å². The smallest absolute Gasteiger partial charge is 0.255 e. The lowest BCUT2D eigenvalue weighted by Crippen LogP contribution is -2.55. The van der Waals surface area contributed by atoms with E-state index in [-0.39, 0.29) is 11.3 Å². The number of carbonyl (C=O) groups excluding carboxylic acids is 1. The number of likely N-dealkylation sites (tertiary alicyclic amines) is 1. The zero-order valence-electron chi connectivity index (χ0n) is 16.6. The number of carbonyl (C=O) groups is 1. The molecule has 0 radical (unpaired) electrons. The predicted molar refractivity (Wildman–Crippen MR) is 108 cm³/mol. The normalized spacial score (nSPS) is 21.1. The highest BCUT2D eigenvalue weighted by atomic mass is 16.3. The lowest BCUT2D eigenvalue weighted by Gasteiger charge is -2.49. The second-order valence-corrected chi connectivity index (χ2v) is 8.21. The minimum atomic E-state index is -0.525. The van der Waals surface area contributed by atoms with Crippen LogP contribution in [0.2, 0.25) is 0 Å². The zero-order chi connectivity index (χ0) is 20.4. The Morgan fingerprint density at radius 3 is 2.79 bits per heavy atom. The van der Waals surface area contributed by atoms with Crippen LogP contribution in [-0.2, 0) is 0 Å². The predicted octanol–water partition coefficient (Wildman–Crippen LogP) is 2.15. The van der Waals surface area contributed by atoms with E-state index in [1.54, 1.807) is 29.4 Å². The van der Waals surface area contributed by atoms with Crippen LogP contribution < -0.4 is 4.90 Å². The standard InChI is InChI=1S/C22H25N5O2/c1-16-4-5-17(12-23)20(25-16)26-9-6-22(7-10-26)11-19(28)14-27(15-22)21(29)18-3-2-8-24-13-18/h2-5,8,13,19,28H,6-7,9-11,14-15H2,1H3. The fraction of sp³-hybridized carbons (Fsp3) is 0.455. The number of aryl methyl sites for hydroxylation is 1. The second kappa shape index (κ2) is 7.80. The molecule has 1 N–H and O–H groups in total. The van der Waals surface area contributed by atoms with E-state index in [4.69, 9.17) is 0 Å². The maximum absolute atomic E-state index is 12.9. The third-order valence-electron chi connectivity index (χ3n) is 6.08. The number of pyridine rings is 2. The molecule has 0 aliphatic carbocycles. The maximum Gasteiger partial charge on any atom is 0.255 e. The largest absolute Gasteiger partial charge is 0.391 e. The summed E-state index contributed by atoms with van der Waals surface area (Å²) >= 11 is 0. The fourth-order valence-electron chi connectivity index (χ4n) is 4.61. The van der Waals surface area contributed by atoms with Crippen molar-refractivity contribution in [1.29, 1.82) is 5.26 Å². The van der Waals surface area contributed by atoms with Crippen molar-refractivity contribution in [1.82, 2.24) is 14.9 Å². The molecule has 1 atom stereocenters. The number of amides is 1. The van der Waals surface area contributed by atoms with Crippen LogP contribution >= 0.6 is 0 Å². The van der Waals surface area contributed by atoms with Gasteiger partial charge in [-0.1, -0.05) is 0 Å². The molecule has 2 fully saturated rings. The molecule has 7 nitrogen and oxygen atoms in total. The van der Waals surface area contributed by atoms with Gasteiger partial charge in [0.15, 0.2) is 0 Å². The lowest BCUT2D eigenvalue weighted by molar-refractivity contribution is -0.0150. The van der Waals surface area contributed by atoms with Gasteiger partial charge in [-0.15, -0.1) is 0 Å². The molecule has 4 heterocycles. The minimum absolute atomic E-state index is 0.0780. The van der Waals surface area contributed by atoms with Gasteiger partial charge in [0, 0.05) is 44.3 Å². The number of anilines is 1. The number of hydrogen-bond donors (Lipinski definition) is 1. The summed E-state index contributed by atoms with van der Waals surface area (Å²) in [7, 11) is 0. The van der Waals surface area contributed by atoms with E-state index in [0.717, 1.165) is 37.4 Å². The van der Waals surface area contributed by atoms with Gasteiger partial charge in [-0.2, -0.15) is 5.26 Å². The fourth-order valence-corrected chi connectivity index (χ4v) is 4.61. The molecule has 0 aromatic carbocycles. The minimum Gasteiger partial charge on any atom is -0.391 e. The van der Waals surface area contributed by atoms with E-state index < -0.39 is 6.10 Å². The van der Waals surface area contributed by atoms with Crippen molar-refractivity contribution in [2.75, 3.05) is 31.1 Å². The molecule has 4 rings (SSSR count). The monoisotopic (exact) mass is 391 g/mol. The van der Waals surface area contributed by atoms with Crippen LogP contribution in [0.3, 0.4) is 0 Å². The van der Waals surface area contributed by atoms with Crippen molar-refractivity contribution in [2.45, 2.75) is 32.3 Å². The van der Waals surface area contributed by atoms with Crippen molar-refractivity contribution in [2.24, 2.45) is 5.41 Å². The van der Waals surface area contributed by atoms with E-state index in [0.29, 0.717) is 30.6 Å². The van der Waals surface area contributed by atoms with E-state index in [1.807, 2.05) is 19.1 Å². The number of hydrogen-bond acceptors (Lipinski definition) is 6. The van der Waals surface area contributed by atoms with Gasteiger partial charge >= 0.3 is 0 Å². The molecule has 2 aromatic heterocycles. The van der Waals surface area contributed by atoms with Crippen molar-refractivity contribution >= 4 is 11.7 Å². The first-order valence-corrected chi connectivity index (χ1v) is 10.00. The van der Waals surface area contributed by atoms with Gasteiger partial charge < -0.3 is 14.9 Å². The quantitative estimate of drug-likeness (QED) is 0.843. The number of rotatable bonds is 2. The van der Waals surface area contributed by atoms with E-state index in [1.165, 1.54) is 0 Å². The summed E-state index contributed by atoms with van der Waals surface area (Å²) in [5, 5.41) is 19.9. The number of aliphatic hydroxyl groups is 1. The van der Waals surface area contributed by atoms with Crippen LogP contribution in [0.4, 0.5) is 5.82 Å². The van der Waals surface area contributed by atoms with Crippen LogP contribution in [0.5, 0.6) is 0 Å². The number of piperidine rings is 2. The van der Waals surface area contributed by atoms with Crippen molar-refractivity contribution < 1.29 is 9.90 Å². The van der Waals surface area contributed by atoms with Crippen LogP contribution in [0, 0.1) is 23.7 Å². The maximum atomic E-state index is 12.9. The molecule has 0 saturated carbocycles. The Labute approximate surface area is 170 Å². The van der Waals surface area contributed by atoms with Gasteiger partial charge in [0.2, 0.25) is 0 Å². The summed E-state index contributed by atoms with van der Waals surface area (Å²) < 4.78 is 0. The number of nitrogens with zero attached hydrogens (tertiary/aromatic N) is 5. The second-order valence-electron chi connectivity index (χ2n) is 8.21. The van der Waals surface area contributed by atoms with Gasteiger partial charge in [-0.3, -0.25) is 9.78 Å².